The molecule has 1 aromatic heterocycles. The van der Waals surface area contributed by atoms with Crippen molar-refractivity contribution in [3.63, 3.8) is 0 Å². The lowest BCUT2D eigenvalue weighted by Crippen LogP contribution is -2.11. The third kappa shape index (κ3) is 2.03. The van der Waals surface area contributed by atoms with E-state index in [9.17, 15) is 0 Å². The van der Waals surface area contributed by atoms with Gasteiger partial charge in [-0.25, -0.2) is 0 Å². The maximum Gasteiger partial charge on any atom is 0.142 e. The molecule has 1 heterocycles. The van der Waals surface area contributed by atoms with Crippen LogP contribution in [0.2, 0.25) is 0 Å². The molecular formula is C12H19N3S. The predicted molar refractivity (Wildman–Crippen MR) is 68.9 cm³/mol. The minimum Gasteiger partial charge on any atom is -0.383 e. The van der Waals surface area contributed by atoms with E-state index in [4.69, 9.17) is 5.73 Å². The van der Waals surface area contributed by atoms with Gasteiger partial charge >= 0.3 is 0 Å². The van der Waals surface area contributed by atoms with Crippen LogP contribution in [0.4, 0.5) is 10.8 Å². The van der Waals surface area contributed by atoms with Gasteiger partial charge in [-0.1, -0.05) is 12.8 Å². The van der Waals surface area contributed by atoms with Crippen molar-refractivity contribution in [3.05, 3.63) is 5.56 Å². The number of nitrogens with one attached hydrogen (secondary N) is 1. The van der Waals surface area contributed by atoms with Crippen LogP contribution in [0.25, 0.3) is 0 Å². The Morgan fingerprint density at radius 3 is 2.69 bits per heavy atom. The first kappa shape index (κ1) is 10.4. The van der Waals surface area contributed by atoms with Crippen molar-refractivity contribution in [2.75, 3.05) is 17.6 Å². The van der Waals surface area contributed by atoms with Gasteiger partial charge < -0.3 is 11.1 Å². The molecule has 3 nitrogen and oxygen atoms in total. The van der Waals surface area contributed by atoms with E-state index in [0.717, 1.165) is 18.3 Å². The first-order valence-corrected chi connectivity index (χ1v) is 7.11. The minimum atomic E-state index is 0.699. The molecular weight excluding hydrogens is 218 g/mol. The lowest BCUT2D eigenvalue weighted by Gasteiger charge is -2.11. The summed E-state index contributed by atoms with van der Waals surface area (Å²) in [7, 11) is 0. The summed E-state index contributed by atoms with van der Waals surface area (Å²) in [6.07, 6.45) is 8.18. The molecule has 2 saturated carbocycles. The molecule has 2 aliphatic rings. The number of rotatable bonds is 4. The molecule has 0 amide bonds. The number of nitrogens with two attached hydrogens (primary N) is 1. The zero-order valence-electron chi connectivity index (χ0n) is 9.54. The minimum absolute atomic E-state index is 0.699. The molecule has 3 N–H and O–H groups in total. The largest absolute Gasteiger partial charge is 0.383 e. The smallest absolute Gasteiger partial charge is 0.142 e. The highest BCUT2D eigenvalue weighted by Crippen LogP contribution is 2.47. The Bertz CT molecular complexity index is 364. The summed E-state index contributed by atoms with van der Waals surface area (Å²) in [6, 6.07) is 0. The molecule has 1 aromatic rings. The van der Waals surface area contributed by atoms with Gasteiger partial charge in [0, 0.05) is 12.1 Å². The fourth-order valence-electron chi connectivity index (χ4n) is 2.66. The van der Waals surface area contributed by atoms with Crippen molar-refractivity contribution >= 4 is 22.4 Å². The maximum atomic E-state index is 5.93. The Morgan fingerprint density at radius 2 is 2.00 bits per heavy atom. The lowest BCUT2D eigenvalue weighted by atomic mass is 10.1. The van der Waals surface area contributed by atoms with Gasteiger partial charge in [0.1, 0.15) is 10.8 Å². The summed E-state index contributed by atoms with van der Waals surface area (Å²) >= 11 is 1.54. The fraction of sp³-hybridized carbons (Fsp3) is 0.750. The third-order valence-corrected chi connectivity index (χ3v) is 4.60. The molecule has 88 valence electrons. The fourth-order valence-corrected chi connectivity index (χ4v) is 3.46. The monoisotopic (exact) mass is 237 g/mol. The van der Waals surface area contributed by atoms with Crippen LogP contribution in [0.1, 0.15) is 50.0 Å². The normalized spacial score (nSPS) is 21.5. The molecule has 0 unspecified atom stereocenters. The molecule has 0 bridgehead atoms. The highest BCUT2D eigenvalue weighted by Gasteiger charge is 2.30. The molecule has 0 aromatic carbocycles. The summed E-state index contributed by atoms with van der Waals surface area (Å²) in [5.74, 6) is 2.33. The van der Waals surface area contributed by atoms with Crippen LogP contribution in [-0.4, -0.2) is 10.9 Å². The van der Waals surface area contributed by atoms with Gasteiger partial charge in [-0.05, 0) is 49.1 Å². The number of aromatic nitrogens is 1. The van der Waals surface area contributed by atoms with Crippen LogP contribution in [0.15, 0.2) is 0 Å². The van der Waals surface area contributed by atoms with Crippen molar-refractivity contribution < 1.29 is 0 Å². The van der Waals surface area contributed by atoms with Crippen LogP contribution in [0.3, 0.4) is 0 Å². The van der Waals surface area contributed by atoms with Crippen LogP contribution < -0.4 is 11.1 Å². The van der Waals surface area contributed by atoms with Crippen molar-refractivity contribution in [2.45, 2.75) is 44.4 Å². The Hall–Kier alpha value is -0.770. The summed E-state index contributed by atoms with van der Waals surface area (Å²) in [4.78, 5) is 0. The zero-order valence-corrected chi connectivity index (χ0v) is 10.4. The molecule has 2 fully saturated rings. The van der Waals surface area contributed by atoms with E-state index in [1.54, 1.807) is 11.5 Å². The number of nitrogens with zero attached hydrogens (tertiary/aromatic N) is 1. The second kappa shape index (κ2) is 4.24. The van der Waals surface area contributed by atoms with Crippen molar-refractivity contribution in [2.24, 2.45) is 5.92 Å². The summed E-state index contributed by atoms with van der Waals surface area (Å²) in [5, 5.41) is 4.82. The number of hydrogen-bond donors (Lipinski definition) is 2. The Kier molecular flexibility index (Phi) is 2.75. The summed E-state index contributed by atoms with van der Waals surface area (Å²) < 4.78 is 4.28. The SMILES string of the molecule is Nc1nsc(NCC2CCCC2)c1C1CC1. The zero-order chi connectivity index (χ0) is 11.0. The molecule has 0 atom stereocenters. The summed E-state index contributed by atoms with van der Waals surface area (Å²) in [5.41, 5.74) is 7.23. The van der Waals surface area contributed by atoms with E-state index >= 15 is 0 Å². The highest BCUT2D eigenvalue weighted by molar-refractivity contribution is 7.10. The molecule has 0 spiro atoms. The quantitative estimate of drug-likeness (QED) is 0.845. The number of hydrogen-bond acceptors (Lipinski definition) is 4. The van der Waals surface area contributed by atoms with E-state index < -0.39 is 0 Å². The Labute approximate surface area is 101 Å². The highest BCUT2D eigenvalue weighted by atomic mass is 32.1. The van der Waals surface area contributed by atoms with Gasteiger partial charge in [0.15, 0.2) is 0 Å². The Balaban J connectivity index is 1.64. The average molecular weight is 237 g/mol. The molecule has 2 aliphatic carbocycles. The van der Waals surface area contributed by atoms with Gasteiger partial charge in [0.2, 0.25) is 0 Å². The standard InChI is InChI=1S/C12H19N3S/c13-11-10(9-5-6-9)12(16-15-11)14-7-8-3-1-2-4-8/h8-9,14H,1-7H2,(H2,13,15). The van der Waals surface area contributed by atoms with Gasteiger partial charge in [-0.2, -0.15) is 4.37 Å². The molecule has 0 aliphatic heterocycles. The van der Waals surface area contributed by atoms with Crippen LogP contribution in [-0.2, 0) is 0 Å². The lowest BCUT2D eigenvalue weighted by molar-refractivity contribution is 0.580. The predicted octanol–water partition coefficient (Wildman–Crippen LogP) is 3.20. The molecule has 3 rings (SSSR count). The average Bonchev–Trinajstić information content (AvgIpc) is 2.85. The second-order valence-corrected chi connectivity index (χ2v) is 5.89. The van der Waals surface area contributed by atoms with Crippen molar-refractivity contribution in [1.29, 1.82) is 0 Å². The van der Waals surface area contributed by atoms with E-state index in [-0.39, 0.29) is 0 Å². The van der Waals surface area contributed by atoms with Crippen LogP contribution >= 0.6 is 11.5 Å². The second-order valence-electron chi connectivity index (χ2n) is 5.12. The van der Waals surface area contributed by atoms with Gasteiger partial charge in [-0.3, -0.25) is 0 Å². The Morgan fingerprint density at radius 1 is 1.25 bits per heavy atom. The molecule has 4 heteroatoms. The van der Waals surface area contributed by atoms with E-state index in [2.05, 4.69) is 9.69 Å². The third-order valence-electron chi connectivity index (χ3n) is 3.77. The maximum absolute atomic E-state index is 5.93. The van der Waals surface area contributed by atoms with E-state index in [1.807, 2.05) is 0 Å². The first-order chi connectivity index (χ1) is 7.84. The van der Waals surface area contributed by atoms with Crippen molar-refractivity contribution in [3.8, 4) is 0 Å². The van der Waals surface area contributed by atoms with E-state index in [1.165, 1.54) is 49.1 Å². The first-order valence-electron chi connectivity index (χ1n) is 6.33. The van der Waals surface area contributed by atoms with Crippen LogP contribution in [0.5, 0.6) is 0 Å². The van der Waals surface area contributed by atoms with Gasteiger partial charge in [0.05, 0.1) is 0 Å². The van der Waals surface area contributed by atoms with Crippen LogP contribution in [0, 0.1) is 5.92 Å². The topological polar surface area (TPSA) is 50.9 Å². The van der Waals surface area contributed by atoms with Crippen molar-refractivity contribution in [1.82, 2.24) is 4.37 Å². The molecule has 16 heavy (non-hydrogen) atoms. The summed E-state index contributed by atoms with van der Waals surface area (Å²) in [6.45, 7) is 1.11. The number of anilines is 2. The van der Waals surface area contributed by atoms with Gasteiger partial charge in [0.25, 0.3) is 0 Å². The number of nitrogen functional groups attached to an aromatic ring is 1. The van der Waals surface area contributed by atoms with Gasteiger partial charge in [-0.15, -0.1) is 0 Å². The molecule has 0 saturated heterocycles. The molecule has 0 radical (unpaired) electrons. The van der Waals surface area contributed by atoms with E-state index in [0.29, 0.717) is 5.92 Å².